The molecule has 1 fully saturated rings. The summed E-state index contributed by atoms with van der Waals surface area (Å²) in [5.74, 6) is 1.40. The molecule has 1 atom stereocenters. The van der Waals surface area contributed by atoms with Gasteiger partial charge in [-0.1, -0.05) is 23.4 Å². The molecule has 0 saturated carbocycles. The molecule has 1 aromatic carbocycles. The Hall–Kier alpha value is -2.21. The lowest BCUT2D eigenvalue weighted by molar-refractivity contribution is 0.192. The van der Waals surface area contributed by atoms with Crippen molar-refractivity contribution in [2.24, 2.45) is 0 Å². The third-order valence-corrected chi connectivity index (χ3v) is 3.41. The van der Waals surface area contributed by atoms with Gasteiger partial charge in [-0.3, -0.25) is 5.10 Å². The van der Waals surface area contributed by atoms with E-state index in [1.165, 1.54) is 0 Å². The van der Waals surface area contributed by atoms with Gasteiger partial charge < -0.3 is 9.26 Å². The fourth-order valence-electron chi connectivity index (χ4n) is 2.36. The Balaban J connectivity index is 1.76. The number of benzene rings is 1. The maximum atomic E-state index is 5.34. The van der Waals surface area contributed by atoms with E-state index in [1.54, 1.807) is 0 Å². The lowest BCUT2D eigenvalue weighted by Crippen LogP contribution is -1.99. The van der Waals surface area contributed by atoms with Gasteiger partial charge in [-0.05, 0) is 12.5 Å². The van der Waals surface area contributed by atoms with E-state index in [-0.39, 0.29) is 5.92 Å². The number of H-pyrrole nitrogens is 1. The van der Waals surface area contributed by atoms with Gasteiger partial charge in [0.25, 0.3) is 5.89 Å². The monoisotopic (exact) mass is 256 g/mol. The molecule has 3 aromatic rings. The molecule has 0 bridgehead atoms. The Morgan fingerprint density at radius 2 is 2.21 bits per heavy atom. The van der Waals surface area contributed by atoms with Crippen LogP contribution in [-0.4, -0.2) is 33.6 Å². The van der Waals surface area contributed by atoms with Crippen LogP contribution in [0.1, 0.15) is 18.2 Å². The Kier molecular flexibility index (Phi) is 2.34. The summed E-state index contributed by atoms with van der Waals surface area (Å²) >= 11 is 0. The van der Waals surface area contributed by atoms with E-state index >= 15 is 0 Å². The van der Waals surface area contributed by atoms with E-state index in [0.29, 0.717) is 24.0 Å². The van der Waals surface area contributed by atoms with Crippen molar-refractivity contribution in [3.63, 3.8) is 0 Å². The van der Waals surface area contributed by atoms with E-state index < -0.39 is 0 Å². The first-order chi connectivity index (χ1) is 9.42. The van der Waals surface area contributed by atoms with E-state index in [1.807, 2.05) is 24.3 Å². The summed E-state index contributed by atoms with van der Waals surface area (Å²) in [4.78, 5) is 4.44. The molecule has 0 radical (unpaired) electrons. The second-order valence-electron chi connectivity index (χ2n) is 4.64. The molecule has 0 aliphatic carbocycles. The van der Waals surface area contributed by atoms with Crippen LogP contribution in [0.2, 0.25) is 0 Å². The molecular formula is C13H12N4O2. The van der Waals surface area contributed by atoms with Crippen molar-refractivity contribution in [3.8, 4) is 11.6 Å². The first-order valence-electron chi connectivity index (χ1n) is 6.26. The van der Waals surface area contributed by atoms with Crippen LogP contribution in [-0.2, 0) is 4.74 Å². The highest BCUT2D eigenvalue weighted by atomic mass is 16.5. The Morgan fingerprint density at radius 1 is 1.26 bits per heavy atom. The van der Waals surface area contributed by atoms with Gasteiger partial charge in [0.05, 0.1) is 12.1 Å². The molecule has 96 valence electrons. The highest BCUT2D eigenvalue weighted by molar-refractivity contribution is 5.90. The summed E-state index contributed by atoms with van der Waals surface area (Å²) < 4.78 is 10.7. The molecule has 6 nitrogen and oxygen atoms in total. The molecule has 1 aliphatic rings. The summed E-state index contributed by atoms with van der Waals surface area (Å²) in [5.41, 5.74) is 1.66. The number of hydrogen-bond acceptors (Lipinski definition) is 5. The molecule has 0 spiro atoms. The maximum Gasteiger partial charge on any atom is 0.279 e. The molecule has 1 unspecified atom stereocenters. The van der Waals surface area contributed by atoms with E-state index in [2.05, 4.69) is 20.3 Å². The third kappa shape index (κ3) is 1.72. The molecule has 19 heavy (non-hydrogen) atoms. The van der Waals surface area contributed by atoms with Crippen molar-refractivity contribution in [1.82, 2.24) is 20.3 Å². The predicted octanol–water partition coefficient (Wildman–Crippen LogP) is 2.12. The third-order valence-electron chi connectivity index (χ3n) is 3.41. The average Bonchev–Trinajstić information content (AvgIpc) is 3.18. The highest BCUT2D eigenvalue weighted by Gasteiger charge is 2.24. The van der Waals surface area contributed by atoms with Crippen LogP contribution in [0.3, 0.4) is 0 Å². The zero-order valence-corrected chi connectivity index (χ0v) is 10.2. The summed E-state index contributed by atoms with van der Waals surface area (Å²) in [7, 11) is 0. The molecular weight excluding hydrogens is 244 g/mol. The minimum atomic E-state index is 0.239. The minimum Gasteiger partial charge on any atom is -0.381 e. The quantitative estimate of drug-likeness (QED) is 0.760. The highest BCUT2D eigenvalue weighted by Crippen LogP contribution is 2.28. The van der Waals surface area contributed by atoms with Gasteiger partial charge >= 0.3 is 0 Å². The standard InChI is InChI=1S/C13H12N4O2/c1-2-4-10-9(3-1)11(16-15-10)13-14-12(17-19-13)8-5-6-18-7-8/h1-4,8H,5-7H2,(H,15,16). The van der Waals surface area contributed by atoms with Gasteiger partial charge in [0.1, 0.15) is 0 Å². The number of para-hydroxylation sites is 1. The second kappa shape index (κ2) is 4.17. The average molecular weight is 256 g/mol. The van der Waals surface area contributed by atoms with Crippen LogP contribution >= 0.6 is 0 Å². The number of aromatic nitrogens is 4. The number of nitrogens with zero attached hydrogens (tertiary/aromatic N) is 3. The fourth-order valence-corrected chi connectivity index (χ4v) is 2.36. The van der Waals surface area contributed by atoms with Crippen molar-refractivity contribution < 1.29 is 9.26 Å². The first-order valence-corrected chi connectivity index (χ1v) is 6.26. The molecule has 1 N–H and O–H groups in total. The van der Waals surface area contributed by atoms with E-state index in [0.717, 1.165) is 23.9 Å². The second-order valence-corrected chi connectivity index (χ2v) is 4.64. The molecule has 0 amide bonds. The molecule has 2 aromatic heterocycles. The normalized spacial score (nSPS) is 19.3. The zero-order valence-electron chi connectivity index (χ0n) is 10.2. The van der Waals surface area contributed by atoms with Gasteiger partial charge in [-0.2, -0.15) is 10.1 Å². The first kappa shape index (κ1) is 10.7. The SMILES string of the molecule is c1ccc2c(-c3nc(C4CCOC4)no3)n[nH]c2c1. The number of rotatable bonds is 2. The maximum absolute atomic E-state index is 5.34. The summed E-state index contributed by atoms with van der Waals surface area (Å²) in [6, 6.07) is 7.87. The van der Waals surface area contributed by atoms with Crippen molar-refractivity contribution >= 4 is 10.9 Å². The van der Waals surface area contributed by atoms with Crippen LogP contribution in [0.5, 0.6) is 0 Å². The zero-order chi connectivity index (χ0) is 12.7. The summed E-state index contributed by atoms with van der Waals surface area (Å²) in [6.07, 6.45) is 0.945. The molecule has 6 heteroatoms. The largest absolute Gasteiger partial charge is 0.381 e. The Labute approximate surface area is 108 Å². The van der Waals surface area contributed by atoms with Gasteiger partial charge in [-0.25, -0.2) is 0 Å². The van der Waals surface area contributed by atoms with Gasteiger partial charge in [0.2, 0.25) is 0 Å². The number of ether oxygens (including phenoxy) is 1. The number of hydrogen-bond donors (Lipinski definition) is 1. The fraction of sp³-hybridized carbons (Fsp3) is 0.308. The van der Waals surface area contributed by atoms with Gasteiger partial charge in [0.15, 0.2) is 11.5 Å². The van der Waals surface area contributed by atoms with Crippen molar-refractivity contribution in [2.45, 2.75) is 12.3 Å². The molecule has 1 aliphatic heterocycles. The molecule has 3 heterocycles. The van der Waals surface area contributed by atoms with E-state index in [4.69, 9.17) is 9.26 Å². The van der Waals surface area contributed by atoms with Crippen LogP contribution in [0.25, 0.3) is 22.5 Å². The van der Waals surface area contributed by atoms with Gasteiger partial charge in [0, 0.05) is 17.9 Å². The predicted molar refractivity (Wildman–Crippen MR) is 67.6 cm³/mol. The van der Waals surface area contributed by atoms with Crippen molar-refractivity contribution in [2.75, 3.05) is 13.2 Å². The smallest absolute Gasteiger partial charge is 0.279 e. The van der Waals surface area contributed by atoms with Crippen LogP contribution in [0.15, 0.2) is 28.8 Å². The van der Waals surface area contributed by atoms with Crippen LogP contribution in [0.4, 0.5) is 0 Å². The number of aromatic amines is 1. The van der Waals surface area contributed by atoms with Crippen LogP contribution in [0, 0.1) is 0 Å². The number of fused-ring (bicyclic) bond motifs is 1. The number of nitrogens with one attached hydrogen (secondary N) is 1. The van der Waals surface area contributed by atoms with Gasteiger partial charge in [-0.15, -0.1) is 0 Å². The summed E-state index contributed by atoms with van der Waals surface area (Å²) in [6.45, 7) is 1.43. The summed E-state index contributed by atoms with van der Waals surface area (Å²) in [5, 5.41) is 12.2. The Bertz CT molecular complexity index is 712. The Morgan fingerprint density at radius 3 is 3.11 bits per heavy atom. The minimum absolute atomic E-state index is 0.239. The lowest BCUT2D eigenvalue weighted by atomic mass is 10.1. The van der Waals surface area contributed by atoms with E-state index in [9.17, 15) is 0 Å². The molecule has 1 saturated heterocycles. The van der Waals surface area contributed by atoms with Crippen LogP contribution < -0.4 is 0 Å². The lowest BCUT2D eigenvalue weighted by Gasteiger charge is -1.97. The molecule has 4 rings (SSSR count). The van der Waals surface area contributed by atoms with Crippen molar-refractivity contribution in [3.05, 3.63) is 30.1 Å². The topological polar surface area (TPSA) is 76.8 Å². The van der Waals surface area contributed by atoms with Crippen molar-refractivity contribution in [1.29, 1.82) is 0 Å².